The molecule has 1 aromatic rings. The molecule has 0 spiro atoms. The second-order valence-corrected chi connectivity index (χ2v) is 11.0. The highest BCUT2D eigenvalue weighted by atomic mass is 31.2. The Balaban J connectivity index is 2.14. The number of Topliss-reactive ketones (excluding diaryl/α,β-unsaturated/α-hetero) is 1. The molecule has 2 rings (SSSR count). The van der Waals surface area contributed by atoms with Crippen molar-refractivity contribution in [2.24, 2.45) is 5.92 Å². The molecule has 3 N–H and O–H groups in total. The van der Waals surface area contributed by atoms with Crippen LogP contribution < -0.4 is 16.1 Å². The van der Waals surface area contributed by atoms with E-state index in [1.54, 1.807) is 20.8 Å². The van der Waals surface area contributed by atoms with Crippen LogP contribution in [0.4, 0.5) is 14.6 Å². The number of aromatic nitrogens is 2. The normalized spacial score (nSPS) is 25.2. The summed E-state index contributed by atoms with van der Waals surface area (Å²) < 4.78 is 53.5. The number of hydrogen-bond donors (Lipinski definition) is 3. The third-order valence-electron chi connectivity index (χ3n) is 5.12. The number of halogens is 2. The van der Waals surface area contributed by atoms with Gasteiger partial charge in [0, 0.05) is 25.3 Å². The predicted molar refractivity (Wildman–Crippen MR) is 119 cm³/mol. The Labute approximate surface area is 191 Å². The quantitative estimate of drug-likeness (QED) is 0.397. The first-order valence-electron chi connectivity index (χ1n) is 10.8. The second kappa shape index (κ2) is 10.7. The maximum atomic E-state index is 14.8. The van der Waals surface area contributed by atoms with Crippen LogP contribution in [0, 0.1) is 5.92 Å². The lowest BCUT2D eigenvalue weighted by molar-refractivity contribution is -0.140. The average molecular weight is 494 g/mol. The fraction of sp³-hybridized carbons (Fsp3) is 0.750. The second-order valence-electron chi connectivity index (χ2n) is 8.76. The van der Waals surface area contributed by atoms with Gasteiger partial charge in [0.25, 0.3) is 7.52 Å². The molecule has 1 saturated heterocycles. The summed E-state index contributed by atoms with van der Waals surface area (Å²) in [5, 5.41) is 15.7. The number of rotatable bonds is 11. The van der Waals surface area contributed by atoms with Crippen molar-refractivity contribution >= 4 is 19.1 Å². The van der Waals surface area contributed by atoms with Crippen LogP contribution in [-0.2, 0) is 18.6 Å². The Bertz CT molecular complexity index is 941. The van der Waals surface area contributed by atoms with Gasteiger partial charge in [0.1, 0.15) is 17.7 Å². The Morgan fingerprint density at radius 1 is 1.39 bits per heavy atom. The van der Waals surface area contributed by atoms with Gasteiger partial charge in [-0.05, 0) is 25.8 Å². The van der Waals surface area contributed by atoms with E-state index in [0.717, 1.165) is 6.20 Å². The van der Waals surface area contributed by atoms with Crippen molar-refractivity contribution in [1.82, 2.24) is 14.6 Å². The first-order valence-corrected chi connectivity index (χ1v) is 12.9. The smallest absolute Gasteiger partial charge is 0.351 e. The van der Waals surface area contributed by atoms with Crippen LogP contribution in [0.2, 0.25) is 0 Å². The molecule has 13 heteroatoms. The van der Waals surface area contributed by atoms with E-state index in [1.165, 1.54) is 12.7 Å². The third kappa shape index (κ3) is 6.66. The summed E-state index contributed by atoms with van der Waals surface area (Å²) in [4.78, 5) is 28.1. The van der Waals surface area contributed by atoms with Crippen molar-refractivity contribution in [3.8, 4) is 0 Å². The van der Waals surface area contributed by atoms with E-state index in [1.807, 2.05) is 13.8 Å². The topological polar surface area (TPSA) is 132 Å². The Kier molecular flexibility index (Phi) is 8.92. The lowest BCUT2D eigenvalue weighted by Crippen LogP contribution is -2.42. The highest BCUT2D eigenvalue weighted by Gasteiger charge is 2.60. The third-order valence-corrected chi connectivity index (χ3v) is 6.51. The number of aliphatic hydroxyl groups is 1. The van der Waals surface area contributed by atoms with Gasteiger partial charge >= 0.3 is 11.6 Å². The molecule has 2 heterocycles. The molecule has 0 saturated carbocycles. The van der Waals surface area contributed by atoms with Crippen LogP contribution in [0.15, 0.2) is 17.1 Å². The summed E-state index contributed by atoms with van der Waals surface area (Å²) >= 11 is 0. The molecule has 1 aliphatic rings. The van der Waals surface area contributed by atoms with Gasteiger partial charge in [-0.15, -0.1) is 0 Å². The van der Waals surface area contributed by atoms with E-state index in [9.17, 15) is 28.0 Å². The van der Waals surface area contributed by atoms with Gasteiger partial charge < -0.3 is 19.7 Å². The molecule has 33 heavy (non-hydrogen) atoms. The summed E-state index contributed by atoms with van der Waals surface area (Å²) in [7, 11) is -3.61. The fourth-order valence-electron chi connectivity index (χ4n) is 3.39. The summed E-state index contributed by atoms with van der Waals surface area (Å²) in [5.41, 5.74) is -0.986. The van der Waals surface area contributed by atoms with Gasteiger partial charge in [-0.2, -0.15) is 13.8 Å². The van der Waals surface area contributed by atoms with Crippen LogP contribution in [0.5, 0.6) is 0 Å². The van der Waals surface area contributed by atoms with Crippen molar-refractivity contribution in [1.29, 1.82) is 0 Å². The minimum Gasteiger partial charge on any atom is -0.384 e. The van der Waals surface area contributed by atoms with Gasteiger partial charge in [-0.3, -0.25) is 13.9 Å². The van der Waals surface area contributed by atoms with Crippen LogP contribution in [-0.4, -0.2) is 63.9 Å². The van der Waals surface area contributed by atoms with Crippen molar-refractivity contribution < 1.29 is 32.5 Å². The molecule has 188 valence electrons. The SMILES string of the molecule is CCC(=O)[C@@H](NP(C)(=O)OC[C@H]1O[C@@H](n2ccc(NC(C)C)nc2=O)C(F)(F)[C@@H]1O)C(C)C. The van der Waals surface area contributed by atoms with Crippen molar-refractivity contribution in [3.05, 3.63) is 22.7 Å². The standard InChI is InChI=1S/C20H33F2N4O6P/c1-7-13(27)16(11(2)3)25-33(6,30)31-10-14-17(28)20(21,22)18(32-14)26-9-8-15(23-12(4)5)24-19(26)29/h8-9,11-12,14,16-18,28H,7,10H2,1-6H3,(H,25,30)(H,23,24,29)/t14-,16+,17-,18-,33?/m1/s1. The van der Waals surface area contributed by atoms with E-state index in [0.29, 0.717) is 4.57 Å². The van der Waals surface area contributed by atoms with E-state index < -0.39 is 50.2 Å². The molecule has 1 aliphatic heterocycles. The molecule has 1 aromatic heterocycles. The molecule has 0 aliphatic carbocycles. The Morgan fingerprint density at radius 3 is 2.55 bits per heavy atom. The van der Waals surface area contributed by atoms with Gasteiger partial charge in [0.15, 0.2) is 6.10 Å². The first kappa shape index (κ1) is 27.5. The van der Waals surface area contributed by atoms with Crippen LogP contribution in [0.3, 0.4) is 0 Å². The number of nitrogens with zero attached hydrogens (tertiary/aromatic N) is 2. The summed E-state index contributed by atoms with van der Waals surface area (Å²) in [6.45, 7) is 9.44. The number of nitrogens with one attached hydrogen (secondary N) is 2. The molecule has 1 fully saturated rings. The van der Waals surface area contributed by atoms with E-state index >= 15 is 0 Å². The highest BCUT2D eigenvalue weighted by molar-refractivity contribution is 7.56. The molecular weight excluding hydrogens is 461 g/mol. The van der Waals surface area contributed by atoms with Gasteiger partial charge in [0.05, 0.1) is 12.6 Å². The largest absolute Gasteiger partial charge is 0.384 e. The lowest BCUT2D eigenvalue weighted by Gasteiger charge is -2.26. The van der Waals surface area contributed by atoms with Crippen LogP contribution >= 0.6 is 7.52 Å². The molecule has 10 nitrogen and oxygen atoms in total. The molecule has 0 radical (unpaired) electrons. The Morgan fingerprint density at radius 2 is 2.03 bits per heavy atom. The number of ether oxygens (including phenoxy) is 1. The molecule has 0 bridgehead atoms. The van der Waals surface area contributed by atoms with Crippen molar-refractivity contribution in [3.63, 3.8) is 0 Å². The number of ketones is 1. The Hall–Kier alpha value is -1.72. The number of carbonyl (C=O) groups is 1. The molecule has 5 atom stereocenters. The monoisotopic (exact) mass is 494 g/mol. The highest BCUT2D eigenvalue weighted by Crippen LogP contribution is 2.45. The maximum absolute atomic E-state index is 14.8. The molecule has 0 aromatic carbocycles. The molecule has 1 unspecified atom stereocenters. The number of alkyl halides is 2. The molecule has 0 amide bonds. The van der Waals surface area contributed by atoms with Gasteiger partial charge in [-0.1, -0.05) is 20.8 Å². The number of anilines is 1. The predicted octanol–water partition coefficient (Wildman–Crippen LogP) is 2.39. The van der Waals surface area contributed by atoms with E-state index in [-0.39, 0.29) is 30.0 Å². The summed E-state index contributed by atoms with van der Waals surface area (Å²) in [6, 6.07) is 0.580. The van der Waals surface area contributed by atoms with Crippen molar-refractivity contribution in [2.45, 2.75) is 77.5 Å². The van der Waals surface area contributed by atoms with E-state index in [4.69, 9.17) is 9.26 Å². The maximum Gasteiger partial charge on any atom is 0.351 e. The fourth-order valence-corrected chi connectivity index (χ4v) is 4.85. The van der Waals surface area contributed by atoms with Gasteiger partial charge in [0.2, 0.25) is 6.23 Å². The van der Waals surface area contributed by atoms with Crippen molar-refractivity contribution in [2.75, 3.05) is 18.6 Å². The minimum absolute atomic E-state index is 0.0264. The lowest BCUT2D eigenvalue weighted by atomic mass is 10.00. The minimum atomic E-state index is -3.84. The average Bonchev–Trinajstić information content (AvgIpc) is 2.93. The number of carbonyl (C=O) groups excluding carboxylic acids is 1. The zero-order valence-corrected chi connectivity index (χ0v) is 20.5. The molecular formula is C20H33F2N4O6P. The summed E-state index contributed by atoms with van der Waals surface area (Å²) in [6.07, 6.45) is -4.68. The van der Waals surface area contributed by atoms with E-state index in [2.05, 4.69) is 15.4 Å². The zero-order chi connectivity index (χ0) is 25.1. The van der Waals surface area contributed by atoms with Crippen LogP contribution in [0.25, 0.3) is 0 Å². The van der Waals surface area contributed by atoms with Gasteiger partial charge in [-0.25, -0.2) is 9.88 Å². The first-order chi connectivity index (χ1) is 15.2. The number of hydrogen-bond acceptors (Lipinski definition) is 8. The summed E-state index contributed by atoms with van der Waals surface area (Å²) in [5.74, 6) is -3.96. The zero-order valence-electron chi connectivity index (χ0n) is 19.6. The van der Waals surface area contributed by atoms with Crippen LogP contribution in [0.1, 0.15) is 47.3 Å². The number of aliphatic hydroxyl groups excluding tert-OH is 1.